The number of esters is 2. The van der Waals surface area contributed by atoms with Crippen molar-refractivity contribution in [3.05, 3.63) is 95.6 Å². The topological polar surface area (TPSA) is 97.3 Å². The summed E-state index contributed by atoms with van der Waals surface area (Å²) in [6.07, 6.45) is -0.758. The third kappa shape index (κ3) is 14.6. The lowest BCUT2D eigenvalue weighted by molar-refractivity contribution is -0.145. The van der Waals surface area contributed by atoms with Crippen molar-refractivity contribution in [1.82, 2.24) is 10.2 Å². The number of benzene rings is 3. The minimum Gasteiger partial charge on any atom is -0.422 e. The van der Waals surface area contributed by atoms with Gasteiger partial charge in [-0.05, 0) is 91.5 Å². The second-order valence-corrected chi connectivity index (χ2v) is 12.9. The van der Waals surface area contributed by atoms with Gasteiger partial charge in [-0.1, -0.05) is 66.7 Å². The van der Waals surface area contributed by atoms with Crippen LogP contribution in [0.2, 0.25) is 0 Å². The fraction of sp³-hybridized carbons (Fsp3) is 0.444. The van der Waals surface area contributed by atoms with Crippen LogP contribution in [-0.4, -0.2) is 62.8 Å². The van der Waals surface area contributed by atoms with Crippen LogP contribution in [0.1, 0.15) is 70.4 Å². The molecule has 10 heteroatoms. The van der Waals surface area contributed by atoms with E-state index in [1.807, 2.05) is 12.1 Å². The maximum Gasteiger partial charge on any atom is 0.316 e. The standard InChI is InChI=1S/C19H29NO5.C17H21NO.2ClH/c1-18(2,3)16(22)24-14-9-8-12(13(21)11-20-7)10-15(14)25-17(23)19(4,5)6;1-18(2)13-14-19-17(15-9-5-3-6-10-15)16-11-7-4-8-12-16;;/h8-10,13,20-21H,11H2,1-7H3;3-12,17H,13-14H2,1-2H3;2*1H. The van der Waals surface area contributed by atoms with Crippen LogP contribution in [0, 0.1) is 10.8 Å². The van der Waals surface area contributed by atoms with Crippen molar-refractivity contribution in [2.75, 3.05) is 40.8 Å². The molecule has 3 aromatic carbocycles. The van der Waals surface area contributed by atoms with Crippen molar-refractivity contribution in [2.45, 2.75) is 53.8 Å². The Morgan fingerprint density at radius 2 is 1.20 bits per heavy atom. The maximum atomic E-state index is 12.2. The summed E-state index contributed by atoms with van der Waals surface area (Å²) in [7, 11) is 5.84. The summed E-state index contributed by atoms with van der Waals surface area (Å²) in [4.78, 5) is 26.5. The first-order valence-corrected chi connectivity index (χ1v) is 14.9. The van der Waals surface area contributed by atoms with E-state index in [0.29, 0.717) is 12.1 Å². The van der Waals surface area contributed by atoms with E-state index in [1.165, 1.54) is 23.3 Å². The number of rotatable bonds is 11. The fourth-order valence-electron chi connectivity index (χ4n) is 3.71. The summed E-state index contributed by atoms with van der Waals surface area (Å²) in [6.45, 7) is 12.4. The summed E-state index contributed by atoms with van der Waals surface area (Å²) >= 11 is 0. The summed E-state index contributed by atoms with van der Waals surface area (Å²) in [5.74, 6) is -0.631. The van der Waals surface area contributed by atoms with Gasteiger partial charge in [0.1, 0.15) is 6.10 Å². The number of carbonyl (C=O) groups is 2. The molecule has 0 spiro atoms. The zero-order chi connectivity index (χ0) is 32.9. The molecule has 0 heterocycles. The second kappa shape index (κ2) is 20.3. The number of ether oxygens (including phenoxy) is 3. The van der Waals surface area contributed by atoms with Crippen molar-refractivity contribution in [2.24, 2.45) is 10.8 Å². The average molecular weight is 680 g/mol. The molecule has 0 aliphatic rings. The molecule has 1 unspecified atom stereocenters. The Bertz CT molecular complexity index is 1270. The molecule has 46 heavy (non-hydrogen) atoms. The molecule has 2 N–H and O–H groups in total. The van der Waals surface area contributed by atoms with E-state index >= 15 is 0 Å². The Morgan fingerprint density at radius 3 is 1.61 bits per heavy atom. The van der Waals surface area contributed by atoms with Crippen LogP contribution in [0.25, 0.3) is 0 Å². The lowest BCUT2D eigenvalue weighted by Crippen LogP contribution is -2.28. The van der Waals surface area contributed by atoms with Crippen LogP contribution in [-0.2, 0) is 14.3 Å². The molecule has 0 amide bonds. The minimum atomic E-state index is -0.774. The largest absolute Gasteiger partial charge is 0.422 e. The van der Waals surface area contributed by atoms with Crippen molar-refractivity contribution in [1.29, 1.82) is 0 Å². The van der Waals surface area contributed by atoms with E-state index in [2.05, 4.69) is 72.8 Å². The van der Waals surface area contributed by atoms with Gasteiger partial charge in [-0.2, -0.15) is 0 Å². The van der Waals surface area contributed by atoms with Crippen molar-refractivity contribution in [3.63, 3.8) is 0 Å². The highest BCUT2D eigenvalue weighted by molar-refractivity contribution is 5.85. The van der Waals surface area contributed by atoms with Gasteiger partial charge in [-0.3, -0.25) is 9.59 Å². The highest BCUT2D eigenvalue weighted by atomic mass is 35.5. The molecule has 0 saturated carbocycles. The summed E-state index contributed by atoms with van der Waals surface area (Å²) < 4.78 is 16.9. The number of hydrogen-bond donors (Lipinski definition) is 2. The van der Waals surface area contributed by atoms with Crippen LogP contribution >= 0.6 is 24.8 Å². The van der Waals surface area contributed by atoms with Crippen LogP contribution in [0.15, 0.2) is 78.9 Å². The number of carbonyl (C=O) groups excluding carboxylic acids is 2. The third-order valence-corrected chi connectivity index (χ3v) is 6.41. The normalized spacial score (nSPS) is 11.8. The van der Waals surface area contributed by atoms with Crippen LogP contribution in [0.5, 0.6) is 11.5 Å². The van der Waals surface area contributed by atoms with Gasteiger partial charge in [0.25, 0.3) is 0 Å². The smallest absolute Gasteiger partial charge is 0.316 e. The molecule has 0 bridgehead atoms. The Morgan fingerprint density at radius 1 is 0.739 bits per heavy atom. The van der Waals surface area contributed by atoms with E-state index in [-0.39, 0.29) is 42.4 Å². The number of hydrogen-bond acceptors (Lipinski definition) is 8. The van der Waals surface area contributed by atoms with Gasteiger partial charge in [0.2, 0.25) is 0 Å². The van der Waals surface area contributed by atoms with Crippen LogP contribution in [0.3, 0.4) is 0 Å². The van der Waals surface area contributed by atoms with Gasteiger partial charge in [0.05, 0.1) is 23.5 Å². The summed E-state index contributed by atoms with van der Waals surface area (Å²) in [5, 5.41) is 13.0. The molecule has 3 aromatic rings. The Balaban J connectivity index is 0.000000869. The van der Waals surface area contributed by atoms with Crippen LogP contribution in [0.4, 0.5) is 0 Å². The molecule has 1 atom stereocenters. The quantitative estimate of drug-likeness (QED) is 0.165. The van der Waals surface area contributed by atoms with Crippen molar-refractivity contribution >= 4 is 36.8 Å². The molecule has 0 aliphatic heterocycles. The molecule has 0 fully saturated rings. The zero-order valence-corrected chi connectivity index (χ0v) is 30.2. The number of aliphatic hydroxyl groups is 1. The van der Waals surface area contributed by atoms with Crippen LogP contribution < -0.4 is 14.8 Å². The highest BCUT2D eigenvalue weighted by Crippen LogP contribution is 2.34. The Labute approximate surface area is 287 Å². The monoisotopic (exact) mass is 678 g/mol. The number of aliphatic hydroxyl groups excluding tert-OH is 1. The predicted octanol–water partition coefficient (Wildman–Crippen LogP) is 7.04. The molecule has 256 valence electrons. The molecule has 0 aliphatic carbocycles. The number of likely N-dealkylation sites (N-methyl/N-ethyl adjacent to an activating group) is 2. The third-order valence-electron chi connectivity index (χ3n) is 6.41. The van der Waals surface area contributed by atoms with E-state index in [1.54, 1.807) is 54.7 Å². The number of nitrogens with one attached hydrogen (secondary N) is 1. The summed E-state index contributed by atoms with van der Waals surface area (Å²) in [6, 6.07) is 25.5. The molecule has 0 saturated heterocycles. The SMILES string of the molecule is CN(C)CCOC(c1ccccc1)c1ccccc1.CNCC(O)c1ccc(OC(=O)C(C)(C)C)c(OC(=O)C(C)(C)C)c1.Cl.Cl. The molecule has 0 aromatic heterocycles. The van der Waals surface area contributed by atoms with Gasteiger partial charge in [-0.15, -0.1) is 24.8 Å². The Hall–Kier alpha value is -2.98. The predicted molar refractivity (Wildman–Crippen MR) is 189 cm³/mol. The first-order valence-electron chi connectivity index (χ1n) is 14.9. The van der Waals surface area contributed by atoms with E-state index in [4.69, 9.17) is 14.2 Å². The van der Waals surface area contributed by atoms with Crippen molar-refractivity contribution in [3.8, 4) is 11.5 Å². The lowest BCUT2D eigenvalue weighted by Gasteiger charge is -2.21. The lowest BCUT2D eigenvalue weighted by atomic mass is 9.97. The van der Waals surface area contributed by atoms with Gasteiger partial charge in [-0.25, -0.2) is 0 Å². The Kier molecular flexibility index (Phi) is 19.0. The minimum absolute atomic E-state index is 0. The molecule has 3 rings (SSSR count). The summed E-state index contributed by atoms with van der Waals surface area (Å²) in [5.41, 5.74) is 1.54. The van der Waals surface area contributed by atoms with Gasteiger partial charge >= 0.3 is 11.9 Å². The van der Waals surface area contributed by atoms with Gasteiger partial charge in [0.15, 0.2) is 11.5 Å². The van der Waals surface area contributed by atoms with E-state index in [9.17, 15) is 14.7 Å². The molecular formula is C36H52Cl2N2O6. The number of nitrogens with zero attached hydrogens (tertiary/aromatic N) is 1. The second-order valence-electron chi connectivity index (χ2n) is 12.9. The fourth-order valence-corrected chi connectivity index (χ4v) is 3.71. The van der Waals surface area contributed by atoms with E-state index in [0.717, 1.165) is 13.2 Å². The first kappa shape index (κ1) is 43.0. The number of halogens is 2. The molecule has 0 radical (unpaired) electrons. The molecule has 8 nitrogen and oxygen atoms in total. The highest BCUT2D eigenvalue weighted by Gasteiger charge is 2.28. The zero-order valence-electron chi connectivity index (χ0n) is 28.5. The first-order chi connectivity index (χ1) is 20.6. The molecular weight excluding hydrogens is 627 g/mol. The van der Waals surface area contributed by atoms with Crippen molar-refractivity contribution < 1.29 is 28.9 Å². The average Bonchev–Trinajstić information content (AvgIpc) is 2.96. The van der Waals surface area contributed by atoms with Gasteiger partial charge in [0, 0.05) is 13.1 Å². The maximum absolute atomic E-state index is 12.2. The van der Waals surface area contributed by atoms with E-state index < -0.39 is 28.9 Å². The van der Waals surface area contributed by atoms with Gasteiger partial charge < -0.3 is 29.5 Å².